The van der Waals surface area contributed by atoms with E-state index in [1.807, 2.05) is 0 Å². The minimum absolute atomic E-state index is 0.0858. The van der Waals surface area contributed by atoms with Gasteiger partial charge in [0.15, 0.2) is 0 Å². The summed E-state index contributed by atoms with van der Waals surface area (Å²) in [4.78, 5) is 13.9. The van der Waals surface area contributed by atoms with Crippen molar-refractivity contribution in [3.05, 3.63) is 29.8 Å². The first-order chi connectivity index (χ1) is 18.9. The Morgan fingerprint density at radius 1 is 1.18 bits per heavy atom. The number of piperidine rings is 1. The summed E-state index contributed by atoms with van der Waals surface area (Å²) in [5, 5.41) is -0.485. The highest BCUT2D eigenvalue weighted by Gasteiger charge is 2.49. The van der Waals surface area contributed by atoms with Crippen molar-refractivity contribution in [1.82, 2.24) is 9.21 Å². The van der Waals surface area contributed by atoms with Crippen molar-refractivity contribution in [3.8, 4) is 5.75 Å². The molecule has 3 heterocycles. The highest BCUT2D eigenvalue weighted by molar-refractivity contribution is 7.89. The zero-order chi connectivity index (χ0) is 29.0. The van der Waals surface area contributed by atoms with Gasteiger partial charge in [-0.3, -0.25) is 0 Å². The molecule has 0 radical (unpaired) electrons. The Morgan fingerprint density at radius 2 is 1.82 bits per heavy atom. The SMILES string of the molecule is COc1ccc(COC[C@@H](OC(=O)N2CCC3(CC2)CC(N(C)S(=O)(=O)C2CCOCC2)CO3)C(F)(F)F)cc1. The molecule has 1 amide bonds. The summed E-state index contributed by atoms with van der Waals surface area (Å²) < 4.78 is 94.8. The number of halogens is 3. The summed E-state index contributed by atoms with van der Waals surface area (Å²) in [6, 6.07) is 6.34. The zero-order valence-corrected chi connectivity index (χ0v) is 23.5. The Morgan fingerprint density at radius 3 is 2.42 bits per heavy atom. The maximum Gasteiger partial charge on any atom is 0.427 e. The Bertz CT molecular complexity index is 1090. The first kappa shape index (κ1) is 30.8. The van der Waals surface area contributed by atoms with Crippen LogP contribution in [0.25, 0.3) is 0 Å². The normalized spacial score (nSPS) is 22.9. The van der Waals surface area contributed by atoms with Crippen LogP contribution >= 0.6 is 0 Å². The average molecular weight is 595 g/mol. The molecule has 1 unspecified atom stereocenters. The number of nitrogens with zero attached hydrogens (tertiary/aromatic N) is 2. The van der Waals surface area contributed by atoms with Gasteiger partial charge in [0.1, 0.15) is 5.75 Å². The Kier molecular flexibility index (Phi) is 9.87. The van der Waals surface area contributed by atoms with Crippen molar-refractivity contribution in [1.29, 1.82) is 0 Å². The molecular weight excluding hydrogens is 557 g/mol. The molecule has 40 heavy (non-hydrogen) atoms. The van der Waals surface area contributed by atoms with E-state index in [0.29, 0.717) is 56.6 Å². The Hall–Kier alpha value is -2.13. The van der Waals surface area contributed by atoms with Gasteiger partial charge in [0, 0.05) is 33.4 Å². The second-order valence-corrected chi connectivity index (χ2v) is 12.8. The summed E-state index contributed by atoms with van der Waals surface area (Å²) >= 11 is 0. The van der Waals surface area contributed by atoms with Crippen molar-refractivity contribution in [2.24, 2.45) is 0 Å². The number of hydrogen-bond donors (Lipinski definition) is 0. The minimum atomic E-state index is -4.80. The number of likely N-dealkylation sites (N-methyl/N-ethyl adjacent to an activating group) is 1. The molecule has 2 atom stereocenters. The molecule has 1 aromatic carbocycles. The lowest BCUT2D eigenvalue weighted by Gasteiger charge is -2.39. The molecule has 3 fully saturated rings. The molecule has 1 aromatic rings. The molecule has 0 bridgehead atoms. The number of ether oxygens (including phenoxy) is 5. The predicted molar refractivity (Wildman–Crippen MR) is 137 cm³/mol. The number of methoxy groups -OCH3 is 1. The van der Waals surface area contributed by atoms with Crippen molar-refractivity contribution in [3.63, 3.8) is 0 Å². The fourth-order valence-electron chi connectivity index (χ4n) is 5.31. The lowest BCUT2D eigenvalue weighted by atomic mass is 9.87. The highest BCUT2D eigenvalue weighted by Crippen LogP contribution is 2.39. The lowest BCUT2D eigenvalue weighted by molar-refractivity contribution is -0.220. The number of rotatable bonds is 9. The number of sulfonamides is 1. The predicted octanol–water partition coefficient (Wildman–Crippen LogP) is 3.34. The molecule has 0 aromatic heterocycles. The first-order valence-electron chi connectivity index (χ1n) is 13.3. The topological polar surface area (TPSA) is 104 Å². The third-order valence-electron chi connectivity index (χ3n) is 7.93. The summed E-state index contributed by atoms with van der Waals surface area (Å²) in [7, 11) is -0.441. The quantitative estimate of drug-likeness (QED) is 0.429. The number of amides is 1. The number of hydrogen-bond acceptors (Lipinski definition) is 8. The van der Waals surface area contributed by atoms with E-state index in [-0.39, 0.29) is 32.3 Å². The minimum Gasteiger partial charge on any atom is -0.497 e. The fraction of sp³-hybridized carbons (Fsp3) is 0.731. The first-order valence-corrected chi connectivity index (χ1v) is 14.9. The van der Waals surface area contributed by atoms with Crippen LogP contribution in [0.15, 0.2) is 24.3 Å². The van der Waals surface area contributed by atoms with Gasteiger partial charge >= 0.3 is 12.3 Å². The summed E-state index contributed by atoms with van der Waals surface area (Å²) in [5.41, 5.74) is 0.0154. The van der Waals surface area contributed by atoms with Crippen LogP contribution in [-0.4, -0.2) is 107 Å². The lowest BCUT2D eigenvalue weighted by Crippen LogP contribution is -2.49. The van der Waals surface area contributed by atoms with Gasteiger partial charge in [-0.05, 0) is 49.8 Å². The van der Waals surface area contributed by atoms with Crippen LogP contribution in [0.3, 0.4) is 0 Å². The molecule has 10 nitrogen and oxygen atoms in total. The monoisotopic (exact) mass is 594 g/mol. The summed E-state index contributed by atoms with van der Waals surface area (Å²) in [5.74, 6) is 0.611. The molecule has 0 saturated carbocycles. The smallest absolute Gasteiger partial charge is 0.427 e. The van der Waals surface area contributed by atoms with Gasteiger partial charge in [-0.15, -0.1) is 0 Å². The van der Waals surface area contributed by atoms with E-state index >= 15 is 0 Å². The zero-order valence-electron chi connectivity index (χ0n) is 22.7. The maximum atomic E-state index is 13.6. The van der Waals surface area contributed by atoms with Crippen LogP contribution in [0, 0.1) is 0 Å². The van der Waals surface area contributed by atoms with E-state index in [1.165, 1.54) is 16.3 Å². The van der Waals surface area contributed by atoms with E-state index in [1.54, 1.807) is 31.3 Å². The molecule has 3 saturated heterocycles. The molecule has 4 rings (SSSR count). The van der Waals surface area contributed by atoms with Crippen molar-refractivity contribution in [2.45, 2.75) is 67.9 Å². The van der Waals surface area contributed by atoms with Crippen LogP contribution in [0.5, 0.6) is 5.75 Å². The van der Waals surface area contributed by atoms with E-state index in [0.717, 1.165) is 0 Å². The Labute approximate surface area is 232 Å². The van der Waals surface area contributed by atoms with Gasteiger partial charge in [0.25, 0.3) is 0 Å². The highest BCUT2D eigenvalue weighted by atomic mass is 32.2. The van der Waals surface area contributed by atoms with Gasteiger partial charge < -0.3 is 28.6 Å². The number of benzene rings is 1. The van der Waals surface area contributed by atoms with Gasteiger partial charge in [0.05, 0.1) is 43.8 Å². The molecule has 3 aliphatic rings. The Balaban J connectivity index is 1.26. The molecule has 3 aliphatic heterocycles. The van der Waals surface area contributed by atoms with Gasteiger partial charge in [-0.2, -0.15) is 17.5 Å². The second-order valence-electron chi connectivity index (χ2n) is 10.5. The van der Waals surface area contributed by atoms with Crippen LogP contribution in [0.4, 0.5) is 18.0 Å². The molecular formula is C26H37F3N2O8S. The van der Waals surface area contributed by atoms with Gasteiger partial charge in [-0.25, -0.2) is 13.2 Å². The van der Waals surface area contributed by atoms with Crippen LogP contribution in [0.1, 0.15) is 37.7 Å². The van der Waals surface area contributed by atoms with E-state index < -0.39 is 45.9 Å². The second kappa shape index (κ2) is 12.8. The number of carbonyl (C=O) groups excluding carboxylic acids is 1. The average Bonchev–Trinajstić information content (AvgIpc) is 3.35. The molecule has 226 valence electrons. The van der Waals surface area contributed by atoms with E-state index in [2.05, 4.69) is 0 Å². The molecule has 14 heteroatoms. The molecule has 0 N–H and O–H groups in total. The fourth-order valence-corrected chi connectivity index (χ4v) is 7.12. The summed E-state index contributed by atoms with van der Waals surface area (Å²) in [6.45, 7) is 0.413. The van der Waals surface area contributed by atoms with E-state index in [4.69, 9.17) is 23.7 Å². The van der Waals surface area contributed by atoms with Crippen molar-refractivity contribution < 1.29 is 50.1 Å². The number of likely N-dealkylation sites (tertiary alicyclic amines) is 1. The van der Waals surface area contributed by atoms with Crippen LogP contribution in [0.2, 0.25) is 0 Å². The third-order valence-corrected chi connectivity index (χ3v) is 10.3. The third kappa shape index (κ3) is 7.38. The summed E-state index contributed by atoms with van der Waals surface area (Å²) in [6.07, 6.45) is -6.18. The molecule has 1 spiro atoms. The maximum absolute atomic E-state index is 13.6. The van der Waals surface area contributed by atoms with Crippen LogP contribution < -0.4 is 4.74 Å². The molecule has 0 aliphatic carbocycles. The van der Waals surface area contributed by atoms with Crippen molar-refractivity contribution >= 4 is 16.1 Å². The standard InChI is InChI=1S/C26H37F3N2O8S/c1-30(40(33,34)22-7-13-36-14-8-22)20-15-25(38-17-20)9-11-31(12-10-25)24(32)39-23(26(27,28)29)18-37-16-19-3-5-21(35-2)6-4-19/h3-6,20,22-23H,7-18H2,1-2H3/t20?,23-/m1/s1. The van der Waals surface area contributed by atoms with Crippen molar-refractivity contribution in [2.75, 3.05) is 53.7 Å². The van der Waals surface area contributed by atoms with Gasteiger partial charge in [-0.1, -0.05) is 12.1 Å². The number of alkyl halides is 3. The van der Waals surface area contributed by atoms with Crippen LogP contribution in [-0.2, 0) is 35.6 Å². The number of carbonyl (C=O) groups is 1. The van der Waals surface area contributed by atoms with Gasteiger partial charge in [0.2, 0.25) is 16.1 Å². The largest absolute Gasteiger partial charge is 0.497 e. The van der Waals surface area contributed by atoms with E-state index in [9.17, 15) is 26.4 Å².